The molecule has 0 fully saturated rings. The molecule has 5 heteroatoms. The number of halogens is 3. The zero-order valence-electron chi connectivity index (χ0n) is 9.71. The van der Waals surface area contributed by atoms with E-state index in [4.69, 9.17) is 11.6 Å². The van der Waals surface area contributed by atoms with Crippen LogP contribution in [0.4, 0.5) is 0 Å². The van der Waals surface area contributed by atoms with E-state index in [1.165, 1.54) is 10.4 Å². The molecule has 2 aromatic rings. The van der Waals surface area contributed by atoms with E-state index in [-0.39, 0.29) is 0 Å². The highest BCUT2D eigenvalue weighted by Crippen LogP contribution is 2.32. The number of hydrogen-bond acceptors (Lipinski definition) is 2. The molecule has 0 amide bonds. The van der Waals surface area contributed by atoms with Crippen LogP contribution in [0.25, 0.3) is 0 Å². The summed E-state index contributed by atoms with van der Waals surface area (Å²) in [5, 5.41) is 3.49. The van der Waals surface area contributed by atoms with Gasteiger partial charge >= 0.3 is 0 Å². The lowest BCUT2D eigenvalue weighted by molar-refractivity contribution is 0.579. The van der Waals surface area contributed by atoms with Gasteiger partial charge in [0.25, 0.3) is 0 Å². The van der Waals surface area contributed by atoms with Gasteiger partial charge in [0.1, 0.15) is 4.34 Å². The first-order valence-corrected chi connectivity index (χ1v) is 8.27. The van der Waals surface area contributed by atoms with Gasteiger partial charge in [-0.1, -0.05) is 39.7 Å². The first kappa shape index (κ1) is 14.5. The Morgan fingerprint density at radius 2 is 1.94 bits per heavy atom. The lowest BCUT2D eigenvalue weighted by atomic mass is 10.1. The highest BCUT2D eigenvalue weighted by molar-refractivity contribution is 9.10. The average molecular weight is 410 g/mol. The molecular weight excluding hydrogens is 397 g/mol. The summed E-state index contributed by atoms with van der Waals surface area (Å²) in [5.41, 5.74) is 1.28. The molecule has 0 saturated heterocycles. The number of rotatable bonds is 4. The Morgan fingerprint density at radius 3 is 2.50 bits per heavy atom. The minimum Gasteiger partial charge on any atom is -0.305 e. The number of hydrogen-bond donors (Lipinski definition) is 1. The van der Waals surface area contributed by atoms with Crippen molar-refractivity contribution < 1.29 is 0 Å². The number of thiophene rings is 1. The van der Waals surface area contributed by atoms with Crippen molar-refractivity contribution in [3.05, 3.63) is 54.1 Å². The van der Waals surface area contributed by atoms with Gasteiger partial charge in [-0.05, 0) is 46.6 Å². The number of benzene rings is 1. The van der Waals surface area contributed by atoms with E-state index in [1.807, 2.05) is 0 Å². The molecule has 0 bridgehead atoms. The second kappa shape index (κ2) is 6.53. The quantitative estimate of drug-likeness (QED) is 0.675. The maximum absolute atomic E-state index is 6.02. The molecule has 1 atom stereocenters. The summed E-state index contributed by atoms with van der Waals surface area (Å²) in [6, 6.07) is 10.8. The third-order valence-corrected chi connectivity index (χ3v) is 5.65. The summed E-state index contributed by atoms with van der Waals surface area (Å²) in [6.45, 7) is 2.99. The van der Waals surface area contributed by atoms with Crippen LogP contribution in [0.5, 0.6) is 0 Å². The van der Waals surface area contributed by atoms with E-state index >= 15 is 0 Å². The molecule has 0 aliphatic heterocycles. The van der Waals surface area contributed by atoms with Gasteiger partial charge in [-0.15, -0.1) is 11.3 Å². The van der Waals surface area contributed by atoms with Crippen LogP contribution < -0.4 is 5.32 Å². The van der Waals surface area contributed by atoms with Gasteiger partial charge in [0.15, 0.2) is 0 Å². The maximum atomic E-state index is 6.02. The van der Waals surface area contributed by atoms with Crippen molar-refractivity contribution in [2.45, 2.75) is 19.5 Å². The van der Waals surface area contributed by atoms with Crippen molar-refractivity contribution in [1.82, 2.24) is 5.32 Å². The molecule has 96 valence electrons. The summed E-state index contributed by atoms with van der Waals surface area (Å²) in [4.78, 5) is 1.23. The molecule has 0 radical (unpaired) electrons. The monoisotopic (exact) mass is 407 g/mol. The van der Waals surface area contributed by atoms with Gasteiger partial charge in [-0.25, -0.2) is 0 Å². The van der Waals surface area contributed by atoms with Gasteiger partial charge in [-0.3, -0.25) is 0 Å². The summed E-state index contributed by atoms with van der Waals surface area (Å²) in [5.74, 6) is 0. The van der Waals surface area contributed by atoms with Crippen LogP contribution in [-0.4, -0.2) is 0 Å². The molecule has 1 nitrogen and oxygen atoms in total. The first-order valence-electron chi connectivity index (χ1n) is 5.49. The zero-order chi connectivity index (χ0) is 13.1. The number of nitrogens with one attached hydrogen (secondary N) is 1. The molecule has 1 aromatic heterocycles. The van der Waals surface area contributed by atoms with Gasteiger partial charge in [0.2, 0.25) is 0 Å². The van der Waals surface area contributed by atoms with E-state index in [9.17, 15) is 0 Å². The largest absolute Gasteiger partial charge is 0.305 e. The zero-order valence-corrected chi connectivity index (χ0v) is 14.5. The SMILES string of the molecule is CC(NCc1cc(Br)c(Cl)s1)c1ccc(Br)cc1. The predicted molar refractivity (Wildman–Crippen MR) is 86.4 cm³/mol. The Bertz CT molecular complexity index is 505. The Kier molecular flexibility index (Phi) is 5.27. The highest BCUT2D eigenvalue weighted by atomic mass is 79.9. The van der Waals surface area contributed by atoms with Crippen LogP contribution in [-0.2, 0) is 6.54 Å². The molecule has 0 aliphatic carbocycles. The second-order valence-electron chi connectivity index (χ2n) is 3.99. The van der Waals surface area contributed by atoms with Crippen molar-refractivity contribution in [2.75, 3.05) is 0 Å². The Balaban J connectivity index is 1.95. The fraction of sp³-hybridized carbons (Fsp3) is 0.231. The third kappa shape index (κ3) is 3.81. The molecule has 18 heavy (non-hydrogen) atoms. The minimum atomic E-state index is 0.317. The lowest BCUT2D eigenvalue weighted by Gasteiger charge is -2.13. The summed E-state index contributed by atoms with van der Waals surface area (Å²) >= 11 is 14.5. The van der Waals surface area contributed by atoms with E-state index in [2.05, 4.69) is 74.4 Å². The van der Waals surface area contributed by atoms with E-state index < -0.39 is 0 Å². The standard InChI is InChI=1S/C13H12Br2ClNS/c1-8(9-2-4-10(14)5-3-9)17-7-11-6-12(15)13(16)18-11/h2-6,8,17H,7H2,1H3. The Morgan fingerprint density at radius 1 is 1.28 bits per heavy atom. The van der Waals surface area contributed by atoms with Crippen LogP contribution in [0.2, 0.25) is 4.34 Å². The fourth-order valence-electron chi connectivity index (χ4n) is 1.60. The molecule has 0 spiro atoms. The van der Waals surface area contributed by atoms with Crippen molar-refractivity contribution in [1.29, 1.82) is 0 Å². The van der Waals surface area contributed by atoms with E-state index in [0.29, 0.717) is 6.04 Å². The normalized spacial score (nSPS) is 12.7. The topological polar surface area (TPSA) is 12.0 Å². The molecular formula is C13H12Br2ClNS. The molecule has 1 aromatic carbocycles. The first-order chi connectivity index (χ1) is 8.56. The maximum Gasteiger partial charge on any atom is 0.107 e. The molecule has 1 heterocycles. The van der Waals surface area contributed by atoms with Crippen molar-refractivity contribution in [3.63, 3.8) is 0 Å². The van der Waals surface area contributed by atoms with Gasteiger partial charge < -0.3 is 5.32 Å². The second-order valence-corrected chi connectivity index (χ2v) is 7.50. The molecule has 0 aliphatic rings. The van der Waals surface area contributed by atoms with Crippen LogP contribution in [0, 0.1) is 0 Å². The van der Waals surface area contributed by atoms with Crippen molar-refractivity contribution in [2.24, 2.45) is 0 Å². The molecule has 0 saturated carbocycles. The smallest absolute Gasteiger partial charge is 0.107 e. The molecule has 1 N–H and O–H groups in total. The fourth-order valence-corrected chi connectivity index (χ4v) is 3.61. The Labute approximate surface area is 133 Å². The van der Waals surface area contributed by atoms with Gasteiger partial charge in [-0.2, -0.15) is 0 Å². The van der Waals surface area contributed by atoms with Crippen LogP contribution in [0.15, 0.2) is 39.3 Å². The summed E-state index contributed by atoms with van der Waals surface area (Å²) < 4.78 is 2.89. The highest BCUT2D eigenvalue weighted by Gasteiger charge is 2.08. The lowest BCUT2D eigenvalue weighted by Crippen LogP contribution is -2.17. The minimum absolute atomic E-state index is 0.317. The van der Waals surface area contributed by atoms with Crippen molar-refractivity contribution >= 4 is 54.8 Å². The van der Waals surface area contributed by atoms with Crippen LogP contribution in [0.1, 0.15) is 23.4 Å². The summed E-state index contributed by atoms with van der Waals surface area (Å²) in [6.07, 6.45) is 0. The van der Waals surface area contributed by atoms with Crippen LogP contribution >= 0.6 is 54.8 Å². The van der Waals surface area contributed by atoms with Crippen molar-refractivity contribution in [3.8, 4) is 0 Å². The average Bonchev–Trinajstić information content (AvgIpc) is 2.67. The van der Waals surface area contributed by atoms with Gasteiger partial charge in [0, 0.05) is 26.4 Å². The van der Waals surface area contributed by atoms with E-state index in [1.54, 1.807) is 11.3 Å². The summed E-state index contributed by atoms with van der Waals surface area (Å²) in [7, 11) is 0. The third-order valence-electron chi connectivity index (χ3n) is 2.65. The van der Waals surface area contributed by atoms with Crippen LogP contribution in [0.3, 0.4) is 0 Å². The molecule has 1 unspecified atom stereocenters. The van der Waals surface area contributed by atoms with Gasteiger partial charge in [0.05, 0.1) is 0 Å². The van der Waals surface area contributed by atoms with E-state index in [0.717, 1.165) is 19.8 Å². The predicted octanol–water partition coefficient (Wildman–Crippen LogP) is 5.78. The Hall–Kier alpha value is 0.130. The molecule has 2 rings (SSSR count).